The Morgan fingerprint density at radius 3 is 1.47 bits per heavy atom. The molecule has 0 aromatic carbocycles. The first-order chi connectivity index (χ1) is 7.83. The number of hydrogen-bond donors (Lipinski definition) is 0. The molecule has 0 aliphatic carbocycles. The van der Waals surface area contributed by atoms with Crippen LogP contribution < -0.4 is 4.57 Å². The summed E-state index contributed by atoms with van der Waals surface area (Å²) in [6.07, 6.45) is 6.14. The molecule has 1 aromatic rings. The summed E-state index contributed by atoms with van der Waals surface area (Å²) in [6, 6.07) is 0. The summed E-state index contributed by atoms with van der Waals surface area (Å²) in [5.74, 6) is 0. The topological polar surface area (TPSA) is 77.1 Å². The van der Waals surface area contributed by atoms with Crippen LogP contribution in [0.4, 0.5) is 0 Å². The summed E-state index contributed by atoms with van der Waals surface area (Å²) in [4.78, 5) is 30.0. The molecule has 0 amide bonds. The van der Waals surface area contributed by atoms with Crippen molar-refractivity contribution in [1.82, 2.24) is 4.57 Å². The molecule has 9 radical (unpaired) electrons. The SMILES string of the molecule is CCn1cc[n+](C)c1.[C]=O.[C]=O.[C]=O.[C]=O.[Co+2]. The molecule has 0 saturated heterocycles. The first-order valence-corrected chi connectivity index (χ1v) is 3.65. The predicted octanol–water partition coefficient (Wildman–Crippen LogP) is -1.26. The molecule has 17 heavy (non-hydrogen) atoms. The molecule has 0 bridgehead atoms. The first-order valence-electron chi connectivity index (χ1n) is 3.65. The average molecular weight is 282 g/mol. The molecule has 1 heterocycles. The molecule has 7 heteroatoms. The van der Waals surface area contributed by atoms with Gasteiger partial charge in [-0.2, -0.15) is 0 Å². The second-order valence-corrected chi connectivity index (χ2v) is 1.91. The minimum atomic E-state index is 0. The maximum atomic E-state index is 7.50. The third-order valence-electron chi connectivity index (χ3n) is 1.19. The van der Waals surface area contributed by atoms with Crippen LogP contribution in [0.3, 0.4) is 0 Å². The molecular formula is C10H11CoN2O4+3. The Bertz CT molecular complexity index is 226. The van der Waals surface area contributed by atoms with Crippen molar-refractivity contribution in [3.8, 4) is 0 Å². The molecule has 0 N–H and O–H groups in total. The zero-order valence-electron chi connectivity index (χ0n) is 9.30. The fourth-order valence-corrected chi connectivity index (χ4v) is 0.689. The van der Waals surface area contributed by atoms with Crippen molar-refractivity contribution in [2.24, 2.45) is 7.05 Å². The van der Waals surface area contributed by atoms with Crippen molar-refractivity contribution < 1.29 is 40.5 Å². The Morgan fingerprint density at radius 2 is 1.35 bits per heavy atom. The predicted molar refractivity (Wildman–Crippen MR) is 54.1 cm³/mol. The van der Waals surface area contributed by atoms with Crippen LogP contribution in [0.15, 0.2) is 18.7 Å². The Morgan fingerprint density at radius 1 is 1.00 bits per heavy atom. The van der Waals surface area contributed by atoms with Crippen molar-refractivity contribution in [1.29, 1.82) is 0 Å². The van der Waals surface area contributed by atoms with Crippen molar-refractivity contribution in [2.45, 2.75) is 13.5 Å². The molecule has 0 aliphatic rings. The maximum absolute atomic E-state index is 7.50. The fraction of sp³-hybridized carbons (Fsp3) is 0.300. The maximum Gasteiger partial charge on any atom is 2.00 e. The van der Waals surface area contributed by atoms with E-state index >= 15 is 0 Å². The van der Waals surface area contributed by atoms with Gasteiger partial charge in [0.1, 0.15) is 12.4 Å². The standard InChI is InChI=1S/C6H11N2.4CO.Co/c1-3-8-5-4-7(2)6-8;4*1-2;/h4-6H,3H2,1-2H3;;;;;/q+1;;;;;+2. The molecule has 6 nitrogen and oxygen atoms in total. The van der Waals surface area contributed by atoms with E-state index in [9.17, 15) is 0 Å². The van der Waals surface area contributed by atoms with Gasteiger partial charge in [-0.05, 0) is 6.92 Å². The van der Waals surface area contributed by atoms with E-state index in [0.29, 0.717) is 0 Å². The molecule has 0 aliphatic heterocycles. The van der Waals surface area contributed by atoms with Crippen molar-refractivity contribution in [3.05, 3.63) is 18.7 Å². The van der Waals surface area contributed by atoms with Gasteiger partial charge in [0.05, 0.1) is 13.6 Å². The summed E-state index contributed by atoms with van der Waals surface area (Å²) in [6.45, 7) is 21.2. The Balaban J connectivity index is -0.0000000462. The van der Waals surface area contributed by atoms with Gasteiger partial charge in [-0.25, -0.2) is 9.13 Å². The van der Waals surface area contributed by atoms with E-state index in [0.717, 1.165) is 6.54 Å². The Labute approximate surface area is 112 Å². The van der Waals surface area contributed by atoms with Gasteiger partial charge in [-0.15, -0.1) is 0 Å². The molecule has 1 aromatic heterocycles. The van der Waals surface area contributed by atoms with Crippen molar-refractivity contribution >= 4 is 27.2 Å². The van der Waals surface area contributed by atoms with Crippen molar-refractivity contribution in [2.75, 3.05) is 0 Å². The minimum absolute atomic E-state index is 0. The van der Waals surface area contributed by atoms with Crippen LogP contribution in [0.25, 0.3) is 0 Å². The number of nitrogens with zero attached hydrogens (tertiary/aromatic N) is 2. The second-order valence-electron chi connectivity index (χ2n) is 1.91. The second kappa shape index (κ2) is 36.6. The zero-order valence-corrected chi connectivity index (χ0v) is 10.3. The molecular weight excluding hydrogens is 271 g/mol. The number of rotatable bonds is 1. The number of aryl methyl sites for hydroxylation is 2. The summed E-state index contributed by atoms with van der Waals surface area (Å²) in [5.41, 5.74) is 0. The van der Waals surface area contributed by atoms with Gasteiger partial charge in [0.15, 0.2) is 0 Å². The largest absolute Gasteiger partial charge is 2.00 e. The third-order valence-corrected chi connectivity index (χ3v) is 1.19. The quantitative estimate of drug-likeness (QED) is 0.602. The average Bonchev–Trinajstić information content (AvgIpc) is 2.85. The molecule has 0 atom stereocenters. The van der Waals surface area contributed by atoms with Crippen LogP contribution >= 0.6 is 0 Å². The van der Waals surface area contributed by atoms with Gasteiger partial charge < -0.3 is 0 Å². The van der Waals surface area contributed by atoms with Gasteiger partial charge >= 0.3 is 16.8 Å². The van der Waals surface area contributed by atoms with Crippen molar-refractivity contribution in [3.63, 3.8) is 0 Å². The Kier molecular flexibility index (Phi) is 63.6. The number of hydrogen-bond acceptors (Lipinski definition) is 4. The van der Waals surface area contributed by atoms with Crippen LogP contribution in [-0.2, 0) is 49.5 Å². The fourth-order valence-electron chi connectivity index (χ4n) is 0.689. The van der Waals surface area contributed by atoms with Gasteiger partial charge in [-0.1, -0.05) is 0 Å². The zero-order chi connectivity index (χ0) is 14.0. The van der Waals surface area contributed by atoms with Crippen LogP contribution in [0.2, 0.25) is 0 Å². The van der Waals surface area contributed by atoms with Gasteiger partial charge in [0.25, 0.3) is 27.2 Å². The summed E-state index contributed by atoms with van der Waals surface area (Å²) < 4.78 is 4.16. The molecule has 0 saturated carbocycles. The summed E-state index contributed by atoms with van der Waals surface area (Å²) in [5, 5.41) is 0. The van der Waals surface area contributed by atoms with Crippen LogP contribution in [0.1, 0.15) is 6.92 Å². The molecule has 0 unspecified atom stereocenters. The van der Waals surface area contributed by atoms with E-state index in [-0.39, 0.29) is 16.8 Å². The summed E-state index contributed by atoms with van der Waals surface area (Å²) >= 11 is 0. The minimum Gasteiger partial charge on any atom is -0.281 e. The van der Waals surface area contributed by atoms with Gasteiger partial charge in [0.2, 0.25) is 6.33 Å². The molecule has 0 fully saturated rings. The van der Waals surface area contributed by atoms with Gasteiger partial charge in [0, 0.05) is 0 Å². The molecule has 91 valence electrons. The summed E-state index contributed by atoms with van der Waals surface area (Å²) in [7, 11) is 2.02. The van der Waals surface area contributed by atoms with E-state index in [1.165, 1.54) is 0 Å². The molecule has 1 rings (SSSR count). The normalized spacial score (nSPS) is 5.53. The van der Waals surface area contributed by atoms with Crippen LogP contribution in [0, 0.1) is 0 Å². The number of imidazole rings is 1. The van der Waals surface area contributed by atoms with E-state index in [2.05, 4.69) is 51.2 Å². The van der Waals surface area contributed by atoms with E-state index in [1.807, 2.05) is 17.8 Å². The monoisotopic (exact) mass is 282 g/mol. The van der Waals surface area contributed by atoms with Crippen LogP contribution in [0.5, 0.6) is 0 Å². The smallest absolute Gasteiger partial charge is 0.281 e. The third kappa shape index (κ3) is 25.1. The van der Waals surface area contributed by atoms with E-state index in [4.69, 9.17) is 19.2 Å². The van der Waals surface area contributed by atoms with Gasteiger partial charge in [-0.3, -0.25) is 19.2 Å². The van der Waals surface area contributed by atoms with E-state index in [1.54, 1.807) is 0 Å². The van der Waals surface area contributed by atoms with E-state index < -0.39 is 0 Å². The number of carbonyl (C=O) groups excluding carboxylic acids is 4. The number of aromatic nitrogens is 2. The first kappa shape index (κ1) is 29.5. The molecule has 0 spiro atoms. The van der Waals surface area contributed by atoms with Crippen LogP contribution in [-0.4, -0.2) is 31.7 Å². The Hall–Kier alpha value is -1.60.